The number of thioether (sulfide) groups is 1. The van der Waals surface area contributed by atoms with Gasteiger partial charge in [-0.25, -0.2) is 0 Å². The smallest absolute Gasteiger partial charge is 0.269 e. The van der Waals surface area contributed by atoms with Crippen molar-refractivity contribution in [3.8, 4) is 0 Å². The Morgan fingerprint density at radius 3 is 2.64 bits per heavy atom. The zero-order valence-electron chi connectivity index (χ0n) is 12.0. The number of allylic oxidation sites excluding steroid dienone is 2. The highest BCUT2D eigenvalue weighted by Crippen LogP contribution is 2.14. The first kappa shape index (κ1) is 18.3. The topological polar surface area (TPSA) is 95.2 Å². The van der Waals surface area contributed by atoms with Crippen LogP contribution in [0.1, 0.15) is 5.56 Å². The second-order valence-corrected chi connectivity index (χ2v) is 5.66. The summed E-state index contributed by atoms with van der Waals surface area (Å²) in [6, 6.07) is 6.03. The van der Waals surface area contributed by atoms with Crippen LogP contribution in [0.3, 0.4) is 0 Å². The summed E-state index contributed by atoms with van der Waals surface area (Å²) in [4.78, 5) is 10.2. The van der Waals surface area contributed by atoms with Gasteiger partial charge in [0.2, 0.25) is 0 Å². The van der Waals surface area contributed by atoms with Crippen molar-refractivity contribution in [2.24, 2.45) is 11.5 Å². The predicted octanol–water partition coefficient (Wildman–Crippen LogP) is 3.00. The van der Waals surface area contributed by atoms with Gasteiger partial charge in [-0.2, -0.15) is 12.6 Å². The van der Waals surface area contributed by atoms with Crippen LogP contribution in [0.2, 0.25) is 0 Å². The highest BCUT2D eigenvalue weighted by Gasteiger charge is 2.09. The van der Waals surface area contributed by atoms with Gasteiger partial charge in [0.15, 0.2) is 0 Å². The van der Waals surface area contributed by atoms with E-state index in [2.05, 4.69) is 12.6 Å². The Morgan fingerprint density at radius 1 is 1.36 bits per heavy atom. The summed E-state index contributed by atoms with van der Waals surface area (Å²) in [5, 5.41) is 14.1. The second kappa shape index (κ2) is 10.1. The van der Waals surface area contributed by atoms with Crippen molar-refractivity contribution >= 4 is 30.1 Å². The molecular weight excluding hydrogens is 318 g/mol. The lowest BCUT2D eigenvalue weighted by Crippen LogP contribution is -2.29. The number of nitro benzene ring substituents is 1. The summed E-state index contributed by atoms with van der Waals surface area (Å²) in [7, 11) is 0. The molecule has 22 heavy (non-hydrogen) atoms. The first-order valence-corrected chi connectivity index (χ1v) is 8.13. The summed E-state index contributed by atoms with van der Waals surface area (Å²) in [6.07, 6.45) is 6.26. The van der Waals surface area contributed by atoms with E-state index in [0.29, 0.717) is 12.1 Å². The summed E-state index contributed by atoms with van der Waals surface area (Å²) in [5.41, 5.74) is 13.6. The lowest BCUT2D eigenvalue weighted by molar-refractivity contribution is -0.384. The van der Waals surface area contributed by atoms with Gasteiger partial charge in [-0.3, -0.25) is 10.1 Å². The predicted molar refractivity (Wildman–Crippen MR) is 96.8 cm³/mol. The molecule has 0 bridgehead atoms. The number of benzene rings is 1. The number of nitrogens with zero attached hydrogens (tertiary/aromatic N) is 1. The Labute approximate surface area is 139 Å². The lowest BCUT2D eigenvalue weighted by atomic mass is 10.0. The van der Waals surface area contributed by atoms with E-state index < -0.39 is 4.92 Å². The molecule has 0 heterocycles. The first-order valence-electron chi connectivity index (χ1n) is 6.56. The third-order valence-corrected chi connectivity index (χ3v) is 3.77. The molecule has 1 rings (SSSR count). The number of nitrogens with two attached hydrogens (primary N) is 2. The van der Waals surface area contributed by atoms with Crippen molar-refractivity contribution in [1.29, 1.82) is 0 Å². The number of thiol groups is 1. The van der Waals surface area contributed by atoms with Gasteiger partial charge in [0.05, 0.1) is 4.92 Å². The molecule has 7 heteroatoms. The van der Waals surface area contributed by atoms with Gasteiger partial charge < -0.3 is 11.5 Å². The Morgan fingerprint density at radius 2 is 2.05 bits per heavy atom. The number of hydrogen-bond acceptors (Lipinski definition) is 6. The summed E-state index contributed by atoms with van der Waals surface area (Å²) >= 11 is 5.50. The number of non-ortho nitro benzene ring substituents is 1. The Kier molecular flexibility index (Phi) is 8.42. The van der Waals surface area contributed by atoms with E-state index in [-0.39, 0.29) is 11.7 Å². The molecule has 0 saturated carbocycles. The van der Waals surface area contributed by atoms with E-state index in [1.807, 2.05) is 23.6 Å². The van der Waals surface area contributed by atoms with Gasteiger partial charge in [0, 0.05) is 29.6 Å². The van der Waals surface area contributed by atoms with Gasteiger partial charge in [-0.15, -0.1) is 11.8 Å². The standard InChI is InChI=1S/C15H19N3O2S2/c16-14(15(17)11-22-9-3-1-2-8-21)10-12-4-6-13(7-5-12)18(19)20/h1-8,11,14,21H,9-10,16-17H2/b3-1+,8-2-,15-11-/t14-/m0/s1. The lowest BCUT2D eigenvalue weighted by Gasteiger charge is -2.12. The highest BCUT2D eigenvalue weighted by molar-refractivity contribution is 8.02. The molecule has 1 atom stereocenters. The van der Waals surface area contributed by atoms with E-state index in [9.17, 15) is 10.1 Å². The summed E-state index contributed by atoms with van der Waals surface area (Å²) in [5.74, 6) is 0.795. The van der Waals surface area contributed by atoms with Gasteiger partial charge in [0.1, 0.15) is 0 Å². The van der Waals surface area contributed by atoms with Gasteiger partial charge in [-0.05, 0) is 22.8 Å². The molecule has 0 fully saturated rings. The fourth-order valence-corrected chi connectivity index (χ4v) is 2.38. The molecule has 1 aromatic rings. The van der Waals surface area contributed by atoms with Crippen LogP contribution in [-0.4, -0.2) is 16.7 Å². The van der Waals surface area contributed by atoms with Crippen LogP contribution < -0.4 is 11.5 Å². The van der Waals surface area contributed by atoms with Crippen molar-refractivity contribution in [2.45, 2.75) is 12.5 Å². The Hall–Kier alpha value is -1.70. The number of nitro groups is 1. The molecule has 0 amide bonds. The zero-order chi connectivity index (χ0) is 16.4. The molecule has 0 spiro atoms. The maximum Gasteiger partial charge on any atom is 0.269 e. The van der Waals surface area contributed by atoms with Crippen molar-refractivity contribution in [3.05, 3.63) is 74.7 Å². The Balaban J connectivity index is 2.49. The fraction of sp³-hybridized carbons (Fsp3) is 0.200. The van der Waals surface area contributed by atoms with Crippen molar-refractivity contribution in [1.82, 2.24) is 0 Å². The monoisotopic (exact) mass is 337 g/mol. The molecule has 0 aliphatic rings. The van der Waals surface area contributed by atoms with Gasteiger partial charge in [0.25, 0.3) is 5.69 Å². The minimum Gasteiger partial charge on any atom is -0.400 e. The van der Waals surface area contributed by atoms with E-state index in [0.717, 1.165) is 11.3 Å². The van der Waals surface area contributed by atoms with E-state index >= 15 is 0 Å². The highest BCUT2D eigenvalue weighted by atomic mass is 32.2. The maximum absolute atomic E-state index is 10.6. The minimum absolute atomic E-state index is 0.0680. The molecule has 0 aliphatic carbocycles. The van der Waals surface area contributed by atoms with Crippen LogP contribution in [-0.2, 0) is 6.42 Å². The molecular formula is C15H19N3O2S2. The minimum atomic E-state index is -0.426. The average molecular weight is 337 g/mol. The van der Waals surface area contributed by atoms with E-state index in [1.165, 1.54) is 12.1 Å². The number of rotatable bonds is 8. The van der Waals surface area contributed by atoms with Crippen molar-refractivity contribution in [2.75, 3.05) is 5.75 Å². The summed E-state index contributed by atoms with van der Waals surface area (Å²) < 4.78 is 0. The van der Waals surface area contributed by atoms with Crippen molar-refractivity contribution < 1.29 is 4.92 Å². The largest absolute Gasteiger partial charge is 0.400 e. The summed E-state index contributed by atoms with van der Waals surface area (Å²) in [6.45, 7) is 0. The second-order valence-electron chi connectivity index (χ2n) is 4.46. The van der Waals surface area contributed by atoms with Crippen LogP contribution in [0, 0.1) is 10.1 Å². The van der Waals surface area contributed by atoms with Crippen LogP contribution in [0.4, 0.5) is 5.69 Å². The quantitative estimate of drug-likeness (QED) is 0.223. The van der Waals surface area contributed by atoms with Gasteiger partial charge in [-0.1, -0.05) is 30.4 Å². The molecule has 0 aromatic heterocycles. The molecule has 0 unspecified atom stereocenters. The third kappa shape index (κ3) is 6.84. The zero-order valence-corrected chi connectivity index (χ0v) is 13.7. The van der Waals surface area contributed by atoms with Crippen LogP contribution in [0.15, 0.2) is 59.0 Å². The average Bonchev–Trinajstić information content (AvgIpc) is 2.51. The maximum atomic E-state index is 10.6. The molecule has 4 N–H and O–H groups in total. The van der Waals surface area contributed by atoms with Crippen molar-refractivity contribution in [3.63, 3.8) is 0 Å². The molecule has 118 valence electrons. The first-order chi connectivity index (χ1) is 10.5. The normalized spacial score (nSPS) is 13.8. The third-order valence-electron chi connectivity index (χ3n) is 2.78. The molecule has 0 saturated heterocycles. The van der Waals surface area contributed by atoms with E-state index in [1.54, 1.807) is 29.3 Å². The molecule has 0 radical (unpaired) electrons. The molecule has 5 nitrogen and oxygen atoms in total. The fourth-order valence-electron chi connectivity index (χ4n) is 1.60. The van der Waals surface area contributed by atoms with E-state index in [4.69, 9.17) is 11.5 Å². The molecule has 0 aliphatic heterocycles. The van der Waals surface area contributed by atoms with Gasteiger partial charge >= 0.3 is 0 Å². The SMILES string of the molecule is N/C(=C\SC/C=C/C=C\S)[C@@H](N)Cc1ccc([N+](=O)[O-])cc1. The number of hydrogen-bond donors (Lipinski definition) is 3. The van der Waals surface area contributed by atoms with Crippen LogP contribution in [0.25, 0.3) is 0 Å². The Bertz CT molecular complexity index is 569. The van der Waals surface area contributed by atoms with Crippen LogP contribution >= 0.6 is 24.4 Å². The molecule has 1 aromatic carbocycles. The van der Waals surface area contributed by atoms with Crippen LogP contribution in [0.5, 0.6) is 0 Å².